The molecule has 0 spiro atoms. The molecule has 5 rings (SSSR count). The molecular weight excluding hydrogens is 456 g/mol. The molecule has 11 heteroatoms. The number of aromatic carboxylic acids is 1. The van der Waals surface area contributed by atoms with E-state index in [0.29, 0.717) is 45.0 Å². The van der Waals surface area contributed by atoms with Crippen molar-refractivity contribution in [2.24, 2.45) is 0 Å². The number of carbonyl (C=O) groups excluding carboxylic acids is 1. The summed E-state index contributed by atoms with van der Waals surface area (Å²) in [6.45, 7) is 3.37. The second-order valence-electron chi connectivity index (χ2n) is 7.58. The third-order valence-electron chi connectivity index (χ3n) is 5.29. The molecule has 0 aliphatic carbocycles. The van der Waals surface area contributed by atoms with Crippen molar-refractivity contribution in [2.45, 2.75) is 13.8 Å². The highest BCUT2D eigenvalue weighted by molar-refractivity contribution is 7.17. The molecule has 10 nitrogen and oxygen atoms in total. The first-order chi connectivity index (χ1) is 16.3. The van der Waals surface area contributed by atoms with Gasteiger partial charge in [-0.25, -0.2) is 14.8 Å². The van der Waals surface area contributed by atoms with Gasteiger partial charge in [-0.05, 0) is 31.2 Å². The number of nitrogens with zero attached hydrogens (tertiary/aromatic N) is 6. The Morgan fingerprint density at radius 2 is 1.94 bits per heavy atom. The normalized spacial score (nSPS) is 11.1. The standard InChI is InChI=1S/C23H18N6O4S/c1-12-19(23(31)32)34-21(25-12)15-7-8-18-24-10-17(29(18)11-15)22(30)28(3)16-6-4-5-14(9-16)20-26-13(2)33-27-20/h4-11H,1-3H3,(H,31,32). The van der Waals surface area contributed by atoms with Crippen LogP contribution < -0.4 is 4.90 Å². The van der Waals surface area contributed by atoms with E-state index in [0.717, 1.165) is 16.9 Å². The molecule has 1 aromatic carbocycles. The minimum absolute atomic E-state index is 0.188. The number of aryl methyl sites for hydroxylation is 2. The van der Waals surface area contributed by atoms with Crippen LogP contribution in [0.25, 0.3) is 27.6 Å². The van der Waals surface area contributed by atoms with Crippen LogP contribution in [0.3, 0.4) is 0 Å². The lowest BCUT2D eigenvalue weighted by atomic mass is 10.1. The van der Waals surface area contributed by atoms with Crippen LogP contribution in [0.1, 0.15) is 31.7 Å². The van der Waals surface area contributed by atoms with Crippen molar-refractivity contribution in [3.8, 4) is 22.0 Å². The molecule has 0 atom stereocenters. The van der Waals surface area contributed by atoms with Gasteiger partial charge >= 0.3 is 5.97 Å². The van der Waals surface area contributed by atoms with Crippen LogP contribution in [0.15, 0.2) is 53.3 Å². The van der Waals surface area contributed by atoms with Gasteiger partial charge < -0.3 is 14.5 Å². The maximum absolute atomic E-state index is 13.4. The topological polar surface area (TPSA) is 127 Å². The average molecular weight is 475 g/mol. The largest absolute Gasteiger partial charge is 0.477 e. The molecule has 0 unspecified atom stereocenters. The number of carbonyl (C=O) groups is 2. The number of pyridine rings is 1. The third-order valence-corrected chi connectivity index (χ3v) is 6.48. The van der Waals surface area contributed by atoms with Gasteiger partial charge in [-0.15, -0.1) is 11.3 Å². The molecule has 34 heavy (non-hydrogen) atoms. The van der Waals surface area contributed by atoms with Crippen LogP contribution in [0.4, 0.5) is 5.69 Å². The Bertz CT molecular complexity index is 1570. The van der Waals surface area contributed by atoms with Gasteiger partial charge in [0.2, 0.25) is 11.7 Å². The minimum Gasteiger partial charge on any atom is -0.477 e. The Hall–Kier alpha value is -4.38. The highest BCUT2D eigenvalue weighted by Gasteiger charge is 2.20. The Labute approximate surface area is 197 Å². The van der Waals surface area contributed by atoms with Gasteiger partial charge in [0.05, 0.1) is 11.9 Å². The SMILES string of the molecule is Cc1nc(-c2cccc(N(C)C(=O)c3cnc4ccc(-c5nc(C)c(C(=O)O)s5)cn34)c2)no1. The number of anilines is 1. The third kappa shape index (κ3) is 3.71. The smallest absolute Gasteiger partial charge is 0.347 e. The molecule has 1 amide bonds. The van der Waals surface area contributed by atoms with Gasteiger partial charge in [-0.3, -0.25) is 9.20 Å². The van der Waals surface area contributed by atoms with E-state index in [1.54, 1.807) is 43.6 Å². The molecule has 170 valence electrons. The van der Waals surface area contributed by atoms with Gasteiger partial charge in [-0.2, -0.15) is 4.98 Å². The van der Waals surface area contributed by atoms with Crippen molar-refractivity contribution in [3.63, 3.8) is 0 Å². The first-order valence-electron chi connectivity index (χ1n) is 10.2. The zero-order valence-electron chi connectivity index (χ0n) is 18.4. The summed E-state index contributed by atoms with van der Waals surface area (Å²) in [6.07, 6.45) is 3.26. The van der Waals surface area contributed by atoms with E-state index in [-0.39, 0.29) is 10.8 Å². The van der Waals surface area contributed by atoms with Crippen molar-refractivity contribution in [1.82, 2.24) is 24.5 Å². The fourth-order valence-electron chi connectivity index (χ4n) is 3.54. The molecule has 4 aromatic heterocycles. The molecule has 0 saturated heterocycles. The molecule has 4 heterocycles. The highest BCUT2D eigenvalue weighted by atomic mass is 32.1. The predicted molar refractivity (Wildman–Crippen MR) is 125 cm³/mol. The first-order valence-corrected chi connectivity index (χ1v) is 11.0. The summed E-state index contributed by atoms with van der Waals surface area (Å²) in [5, 5.41) is 13.8. The number of benzene rings is 1. The van der Waals surface area contributed by atoms with Crippen molar-refractivity contribution in [1.29, 1.82) is 0 Å². The summed E-state index contributed by atoms with van der Waals surface area (Å²) in [5.41, 5.74) is 3.46. The van der Waals surface area contributed by atoms with Crippen LogP contribution in [0, 0.1) is 13.8 Å². The van der Waals surface area contributed by atoms with Crippen molar-refractivity contribution in [3.05, 3.63) is 70.9 Å². The molecule has 5 aromatic rings. The maximum atomic E-state index is 13.4. The number of rotatable bonds is 5. The molecular formula is C23H18N6O4S. The number of carboxylic acid groups (broad SMARTS) is 1. The van der Waals surface area contributed by atoms with Gasteiger partial charge in [0.1, 0.15) is 21.2 Å². The second-order valence-corrected chi connectivity index (χ2v) is 8.58. The lowest BCUT2D eigenvalue weighted by molar-refractivity contribution is 0.0701. The number of aromatic nitrogens is 5. The number of carboxylic acids is 1. The van der Waals surface area contributed by atoms with E-state index in [4.69, 9.17) is 4.52 Å². The Morgan fingerprint density at radius 1 is 1.12 bits per heavy atom. The molecule has 0 saturated carbocycles. The highest BCUT2D eigenvalue weighted by Crippen LogP contribution is 2.29. The zero-order valence-corrected chi connectivity index (χ0v) is 19.2. The lowest BCUT2D eigenvalue weighted by Gasteiger charge is -2.17. The van der Waals surface area contributed by atoms with Gasteiger partial charge in [0.15, 0.2) is 0 Å². The number of thiazole rings is 1. The Balaban J connectivity index is 1.49. The maximum Gasteiger partial charge on any atom is 0.347 e. The Kier molecular flexibility index (Phi) is 5.17. The van der Waals surface area contributed by atoms with Crippen LogP contribution >= 0.6 is 11.3 Å². The summed E-state index contributed by atoms with van der Waals surface area (Å²) in [7, 11) is 1.68. The number of hydrogen-bond donors (Lipinski definition) is 1. The van der Waals surface area contributed by atoms with E-state index >= 15 is 0 Å². The van der Waals surface area contributed by atoms with Crippen LogP contribution in [-0.4, -0.2) is 48.5 Å². The molecule has 0 radical (unpaired) electrons. The number of fused-ring (bicyclic) bond motifs is 1. The van der Waals surface area contributed by atoms with Crippen molar-refractivity contribution in [2.75, 3.05) is 11.9 Å². The van der Waals surface area contributed by atoms with E-state index < -0.39 is 5.97 Å². The zero-order chi connectivity index (χ0) is 24.0. The van der Waals surface area contributed by atoms with Gasteiger partial charge in [0.25, 0.3) is 5.91 Å². The summed E-state index contributed by atoms with van der Waals surface area (Å²) in [6, 6.07) is 10.9. The molecule has 0 aliphatic rings. The summed E-state index contributed by atoms with van der Waals surface area (Å²) in [4.78, 5) is 39.5. The summed E-state index contributed by atoms with van der Waals surface area (Å²) in [5.74, 6) is -0.385. The van der Waals surface area contributed by atoms with Crippen molar-refractivity contribution < 1.29 is 19.2 Å². The molecule has 1 N–H and O–H groups in total. The van der Waals surface area contributed by atoms with Crippen LogP contribution in [0.5, 0.6) is 0 Å². The second kappa shape index (κ2) is 8.19. The fraction of sp³-hybridized carbons (Fsp3) is 0.130. The van der Waals surface area contributed by atoms with Crippen molar-refractivity contribution >= 4 is 34.5 Å². The molecule has 0 aliphatic heterocycles. The summed E-state index contributed by atoms with van der Waals surface area (Å²) < 4.78 is 6.73. The van der Waals surface area contributed by atoms with Crippen LogP contribution in [0.2, 0.25) is 0 Å². The summed E-state index contributed by atoms with van der Waals surface area (Å²) >= 11 is 1.09. The average Bonchev–Trinajstić information content (AvgIpc) is 3.55. The number of amides is 1. The van der Waals surface area contributed by atoms with Crippen LogP contribution in [-0.2, 0) is 0 Å². The minimum atomic E-state index is -1.01. The van der Waals surface area contributed by atoms with Gasteiger partial charge in [0, 0.05) is 37.0 Å². The monoisotopic (exact) mass is 474 g/mol. The lowest BCUT2D eigenvalue weighted by Crippen LogP contribution is -2.27. The Morgan fingerprint density at radius 3 is 2.65 bits per heavy atom. The number of hydrogen-bond acceptors (Lipinski definition) is 8. The van der Waals surface area contributed by atoms with E-state index in [1.165, 1.54) is 11.1 Å². The van der Waals surface area contributed by atoms with E-state index in [2.05, 4.69) is 20.1 Å². The first kappa shape index (κ1) is 21.5. The number of imidazole rings is 1. The van der Waals surface area contributed by atoms with Gasteiger partial charge in [-0.1, -0.05) is 17.3 Å². The van der Waals surface area contributed by atoms with E-state index in [1.807, 2.05) is 24.3 Å². The molecule has 0 fully saturated rings. The fourth-order valence-corrected chi connectivity index (χ4v) is 4.44. The quantitative estimate of drug-likeness (QED) is 0.403. The predicted octanol–water partition coefficient (Wildman–Crippen LogP) is 4.10. The molecule has 0 bridgehead atoms. The van der Waals surface area contributed by atoms with E-state index in [9.17, 15) is 14.7 Å².